The van der Waals surface area contributed by atoms with Crippen LogP contribution in [0.25, 0.3) is 11.1 Å². The second-order valence-electron chi connectivity index (χ2n) is 8.98. The molecule has 0 spiro atoms. The van der Waals surface area contributed by atoms with Gasteiger partial charge >= 0.3 is 12.1 Å². The SMILES string of the molecule is CC(C)CCC(NC(=O)C(C)CNC(=O)OCC1c2ccccc2-c2ccccc21)C(=O)O. The van der Waals surface area contributed by atoms with Crippen LogP contribution in [0.4, 0.5) is 4.79 Å². The normalized spacial score (nSPS) is 14.2. The van der Waals surface area contributed by atoms with Gasteiger partial charge in [-0.3, -0.25) is 4.79 Å². The number of ether oxygens (including phenoxy) is 1. The molecule has 3 N–H and O–H groups in total. The molecule has 0 aliphatic heterocycles. The minimum absolute atomic E-state index is 0.0406. The van der Waals surface area contributed by atoms with E-state index in [-0.39, 0.29) is 19.1 Å². The Kier molecular flexibility index (Phi) is 8.09. The van der Waals surface area contributed by atoms with Crippen molar-refractivity contribution in [2.24, 2.45) is 11.8 Å². The first-order valence-corrected chi connectivity index (χ1v) is 11.4. The van der Waals surface area contributed by atoms with Crippen LogP contribution in [-0.2, 0) is 14.3 Å². The average molecular weight is 453 g/mol. The number of carbonyl (C=O) groups is 3. The highest BCUT2D eigenvalue weighted by atomic mass is 16.5. The molecular formula is C26H32N2O5. The Hall–Kier alpha value is -3.35. The van der Waals surface area contributed by atoms with E-state index >= 15 is 0 Å². The number of hydrogen-bond acceptors (Lipinski definition) is 4. The Bertz CT molecular complexity index is 958. The molecule has 2 atom stereocenters. The lowest BCUT2D eigenvalue weighted by molar-refractivity contribution is -0.142. The molecule has 2 aromatic rings. The second kappa shape index (κ2) is 11.0. The molecule has 0 fully saturated rings. The van der Waals surface area contributed by atoms with E-state index < -0.39 is 29.9 Å². The van der Waals surface area contributed by atoms with Gasteiger partial charge in [-0.1, -0.05) is 69.3 Å². The van der Waals surface area contributed by atoms with Gasteiger partial charge in [-0.25, -0.2) is 9.59 Å². The Balaban J connectivity index is 1.49. The Morgan fingerprint density at radius 3 is 2.06 bits per heavy atom. The number of rotatable bonds is 10. The fourth-order valence-corrected chi connectivity index (χ4v) is 4.05. The Morgan fingerprint density at radius 1 is 0.939 bits per heavy atom. The maximum absolute atomic E-state index is 12.4. The highest BCUT2D eigenvalue weighted by molar-refractivity contribution is 5.85. The number of amides is 2. The lowest BCUT2D eigenvalue weighted by Gasteiger charge is -2.19. The zero-order chi connectivity index (χ0) is 24.0. The number of alkyl carbamates (subject to hydrolysis) is 1. The number of nitrogens with one attached hydrogen (secondary N) is 2. The molecule has 33 heavy (non-hydrogen) atoms. The molecule has 3 rings (SSSR count). The number of fused-ring (bicyclic) bond motifs is 3. The lowest BCUT2D eigenvalue weighted by atomic mass is 9.98. The van der Waals surface area contributed by atoms with Crippen LogP contribution in [0.1, 0.15) is 50.7 Å². The van der Waals surface area contributed by atoms with Crippen LogP contribution in [0.2, 0.25) is 0 Å². The van der Waals surface area contributed by atoms with Gasteiger partial charge in [0.1, 0.15) is 12.6 Å². The summed E-state index contributed by atoms with van der Waals surface area (Å²) < 4.78 is 5.48. The Labute approximate surface area is 194 Å². The van der Waals surface area contributed by atoms with Crippen LogP contribution in [-0.4, -0.2) is 42.3 Å². The average Bonchev–Trinajstić information content (AvgIpc) is 3.12. The van der Waals surface area contributed by atoms with Crippen LogP contribution < -0.4 is 10.6 Å². The molecule has 0 saturated heterocycles. The number of benzene rings is 2. The van der Waals surface area contributed by atoms with Gasteiger partial charge < -0.3 is 20.5 Å². The van der Waals surface area contributed by atoms with E-state index in [4.69, 9.17) is 4.74 Å². The van der Waals surface area contributed by atoms with Gasteiger partial charge in [0.25, 0.3) is 0 Å². The molecule has 0 radical (unpaired) electrons. The first-order chi connectivity index (χ1) is 15.8. The van der Waals surface area contributed by atoms with Gasteiger partial charge in [-0.15, -0.1) is 0 Å². The summed E-state index contributed by atoms with van der Waals surface area (Å²) >= 11 is 0. The summed E-state index contributed by atoms with van der Waals surface area (Å²) in [5.41, 5.74) is 4.55. The molecule has 1 aliphatic rings. The van der Waals surface area contributed by atoms with Crippen molar-refractivity contribution in [3.8, 4) is 11.1 Å². The molecule has 2 unspecified atom stereocenters. The van der Waals surface area contributed by atoms with Crippen molar-refractivity contribution in [2.45, 2.75) is 45.6 Å². The van der Waals surface area contributed by atoms with E-state index in [1.165, 1.54) is 0 Å². The van der Waals surface area contributed by atoms with Gasteiger partial charge in [-0.05, 0) is 41.0 Å². The number of carboxylic acid groups (broad SMARTS) is 1. The number of carboxylic acids is 1. The maximum atomic E-state index is 12.4. The summed E-state index contributed by atoms with van der Waals surface area (Å²) in [6, 6.07) is 15.2. The van der Waals surface area contributed by atoms with E-state index in [0.717, 1.165) is 22.3 Å². The largest absolute Gasteiger partial charge is 0.480 e. The van der Waals surface area contributed by atoms with E-state index in [1.54, 1.807) is 6.92 Å². The molecular weight excluding hydrogens is 420 g/mol. The van der Waals surface area contributed by atoms with E-state index in [0.29, 0.717) is 18.8 Å². The Morgan fingerprint density at radius 2 is 1.52 bits per heavy atom. The molecule has 7 heteroatoms. The van der Waals surface area contributed by atoms with Crippen LogP contribution in [0.5, 0.6) is 0 Å². The van der Waals surface area contributed by atoms with Crippen molar-refractivity contribution in [2.75, 3.05) is 13.2 Å². The fraction of sp³-hybridized carbons (Fsp3) is 0.423. The fourth-order valence-electron chi connectivity index (χ4n) is 4.05. The van der Waals surface area contributed by atoms with Gasteiger partial charge in [0.2, 0.25) is 5.91 Å². The summed E-state index contributed by atoms with van der Waals surface area (Å²) in [7, 11) is 0. The molecule has 7 nitrogen and oxygen atoms in total. The smallest absolute Gasteiger partial charge is 0.407 e. The van der Waals surface area contributed by atoms with Crippen LogP contribution in [0, 0.1) is 11.8 Å². The highest BCUT2D eigenvalue weighted by Gasteiger charge is 2.29. The summed E-state index contributed by atoms with van der Waals surface area (Å²) in [6.45, 7) is 5.89. The van der Waals surface area contributed by atoms with Crippen molar-refractivity contribution in [1.82, 2.24) is 10.6 Å². The predicted molar refractivity (Wildman–Crippen MR) is 126 cm³/mol. The predicted octanol–water partition coefficient (Wildman–Crippen LogP) is 4.17. The van der Waals surface area contributed by atoms with Gasteiger partial charge in [0.15, 0.2) is 0 Å². The molecule has 2 amide bonds. The molecule has 0 heterocycles. The summed E-state index contributed by atoms with van der Waals surface area (Å²) in [5.74, 6) is -1.75. The third-order valence-electron chi connectivity index (χ3n) is 5.99. The monoisotopic (exact) mass is 452 g/mol. The van der Waals surface area contributed by atoms with Crippen LogP contribution in [0.3, 0.4) is 0 Å². The second-order valence-corrected chi connectivity index (χ2v) is 8.98. The maximum Gasteiger partial charge on any atom is 0.407 e. The summed E-state index contributed by atoms with van der Waals surface area (Å²) in [4.78, 5) is 36.1. The number of aliphatic carboxylic acids is 1. The molecule has 176 valence electrons. The molecule has 0 bridgehead atoms. The van der Waals surface area contributed by atoms with Crippen LogP contribution >= 0.6 is 0 Å². The third-order valence-corrected chi connectivity index (χ3v) is 5.99. The standard InChI is InChI=1S/C26H32N2O5/c1-16(2)12-13-23(25(30)31)28-24(29)17(3)14-27-26(32)33-15-22-20-10-6-4-8-18(20)19-9-5-7-11-21(19)22/h4-11,16-17,22-23H,12-15H2,1-3H3,(H,27,32)(H,28,29)(H,30,31). The zero-order valence-corrected chi connectivity index (χ0v) is 19.3. The minimum atomic E-state index is -1.05. The lowest BCUT2D eigenvalue weighted by Crippen LogP contribution is -2.45. The first kappa shape index (κ1) is 24.3. The van der Waals surface area contributed by atoms with E-state index in [1.807, 2.05) is 50.2 Å². The highest BCUT2D eigenvalue weighted by Crippen LogP contribution is 2.44. The van der Waals surface area contributed by atoms with Crippen molar-refractivity contribution in [1.29, 1.82) is 0 Å². The quantitative estimate of drug-likeness (QED) is 0.502. The molecule has 2 aromatic carbocycles. The summed E-state index contributed by atoms with van der Waals surface area (Å²) in [5, 5.41) is 14.5. The first-order valence-electron chi connectivity index (χ1n) is 11.4. The summed E-state index contributed by atoms with van der Waals surface area (Å²) in [6.07, 6.45) is 0.459. The third kappa shape index (κ3) is 6.12. The van der Waals surface area contributed by atoms with Crippen molar-refractivity contribution in [3.05, 3.63) is 59.7 Å². The van der Waals surface area contributed by atoms with Gasteiger partial charge in [0, 0.05) is 12.5 Å². The van der Waals surface area contributed by atoms with Crippen LogP contribution in [0.15, 0.2) is 48.5 Å². The van der Waals surface area contributed by atoms with Gasteiger partial charge in [0.05, 0.1) is 5.92 Å². The minimum Gasteiger partial charge on any atom is -0.480 e. The van der Waals surface area contributed by atoms with Crippen molar-refractivity contribution in [3.63, 3.8) is 0 Å². The number of carbonyl (C=O) groups excluding carboxylic acids is 2. The number of hydrogen-bond donors (Lipinski definition) is 3. The zero-order valence-electron chi connectivity index (χ0n) is 19.3. The van der Waals surface area contributed by atoms with Gasteiger partial charge in [-0.2, -0.15) is 0 Å². The van der Waals surface area contributed by atoms with Crippen molar-refractivity contribution >= 4 is 18.0 Å². The van der Waals surface area contributed by atoms with Crippen molar-refractivity contribution < 1.29 is 24.2 Å². The molecule has 0 saturated carbocycles. The topological polar surface area (TPSA) is 105 Å². The van der Waals surface area contributed by atoms with E-state index in [9.17, 15) is 19.5 Å². The van der Waals surface area contributed by atoms with E-state index in [2.05, 4.69) is 22.8 Å². The molecule has 1 aliphatic carbocycles. The molecule has 0 aromatic heterocycles.